The maximum absolute atomic E-state index is 13.4. The second-order valence-electron chi connectivity index (χ2n) is 24.9. The average molecular weight is 1710 g/mol. The summed E-state index contributed by atoms with van der Waals surface area (Å²) in [5.41, 5.74) is 18.6. The highest BCUT2D eigenvalue weighted by Crippen LogP contribution is 2.55. The fourth-order valence-corrected chi connectivity index (χ4v) is 18.3. The first kappa shape index (κ1) is 83.5. The molecule has 6 aromatic heterocycles. The topological polar surface area (TPSA) is 683 Å². The van der Waals surface area contributed by atoms with E-state index in [4.69, 9.17) is 104 Å². The number of anilines is 3. The third-order valence-electron chi connectivity index (χ3n) is 17.7. The van der Waals surface area contributed by atoms with Crippen LogP contribution in [0.1, 0.15) is 70.1 Å². The summed E-state index contributed by atoms with van der Waals surface area (Å²) in [5, 5.41) is 67.5. The number of likely N-dealkylation sites (tertiary alicyclic amines) is 1. The summed E-state index contributed by atoms with van der Waals surface area (Å²) in [7, 11) is 0. The number of nitrogens with one attached hydrogen (secondary N) is 3. The van der Waals surface area contributed by atoms with Crippen molar-refractivity contribution in [2.45, 2.75) is 142 Å². The van der Waals surface area contributed by atoms with Crippen LogP contribution in [0.3, 0.4) is 0 Å². The number of imidazole rings is 3. The molecule has 4 aliphatic heterocycles. The second kappa shape index (κ2) is 34.9. The monoisotopic (exact) mass is 1710 g/mol. The molecule has 47 nitrogen and oxygen atoms in total. The van der Waals surface area contributed by atoms with Gasteiger partial charge in [-0.05, 0) is 91.7 Å². The van der Waals surface area contributed by atoms with E-state index in [0.717, 1.165) is 23.9 Å². The first-order chi connectivity index (χ1) is 51.5. The molecule has 0 radical (unpaired) electrons. The summed E-state index contributed by atoms with van der Waals surface area (Å²) < 4.78 is 62.3. The summed E-state index contributed by atoms with van der Waals surface area (Å²) in [6.45, 7) is -20.7. The van der Waals surface area contributed by atoms with Crippen molar-refractivity contribution in [1.82, 2.24) is 79.4 Å². The molecule has 5 aliphatic rings. The molecule has 20 N–H and O–H groups in total. The van der Waals surface area contributed by atoms with Crippen molar-refractivity contribution in [1.29, 1.82) is 0 Å². The number of carboxylic acids is 3. The number of aromatic nitrogens is 12. The van der Waals surface area contributed by atoms with Crippen LogP contribution < -0.4 is 33.2 Å². The molecule has 6 aromatic rings. The second-order valence-corrected chi connectivity index (χ2v) is 37.3. The lowest BCUT2D eigenvalue weighted by Crippen LogP contribution is -2.50. The van der Waals surface area contributed by atoms with Crippen molar-refractivity contribution < 1.29 is 135 Å². The zero-order valence-electron chi connectivity index (χ0n) is 55.9. The van der Waals surface area contributed by atoms with Crippen LogP contribution in [0, 0.1) is 11.8 Å². The van der Waals surface area contributed by atoms with E-state index in [2.05, 4.69) is 62.0 Å². The number of nitrogens with two attached hydrogens (primary N) is 3. The first-order valence-electron chi connectivity index (χ1n) is 32.4. The van der Waals surface area contributed by atoms with Crippen LogP contribution >= 0.6 is 38.6 Å². The third kappa shape index (κ3) is 20.1. The fourth-order valence-electron chi connectivity index (χ4n) is 12.4. The van der Waals surface area contributed by atoms with Crippen LogP contribution in [-0.2, 0) is 122 Å². The van der Waals surface area contributed by atoms with Crippen LogP contribution in [0.15, 0.2) is 38.0 Å². The van der Waals surface area contributed by atoms with E-state index in [9.17, 15) is 83.6 Å². The maximum Gasteiger partial charge on any atom is 0.336 e. The summed E-state index contributed by atoms with van der Waals surface area (Å²) >= 11 is 21.4. The molecule has 0 aromatic carbocycles. The SMILES string of the molecule is Nc1ncnc2c1ncn2C1OC(COP(O)(O)=S)C(O)C1OP(O)(=S)OCC1OC(n2cnc3c(N)ncnc32)C(OP(O)(=S)OCC2OC(n3cnc4c(N)ncnc43)C(OP(O)(=S)OCCCNC(=O)C3CCC(CN4C(=O)CC(SC(NC(=O)NC(CCC(=O)O)C(=O)O)C(=O)O)C4=O)CC3)C2O)C1O. The number of aliphatic carboxylic acids is 3. The molecule has 18 unspecified atom stereocenters. The van der Waals surface area contributed by atoms with E-state index < -0.39 is 198 Å². The quantitative estimate of drug-likeness (QED) is 0.00834. The molecule has 11 rings (SSSR count). The molecule has 0 bridgehead atoms. The highest BCUT2D eigenvalue weighted by Gasteiger charge is 2.54. The Bertz CT molecular complexity index is 4610. The lowest BCUT2D eigenvalue weighted by molar-refractivity contribution is -0.141. The van der Waals surface area contributed by atoms with Gasteiger partial charge in [-0.15, -0.1) is 11.8 Å². The summed E-state index contributed by atoms with van der Waals surface area (Å²) in [4.78, 5) is 180. The number of nitrogen functional groups attached to an aromatic ring is 3. The van der Waals surface area contributed by atoms with E-state index in [0.29, 0.717) is 37.4 Å². The number of urea groups is 1. The Labute approximate surface area is 637 Å². The van der Waals surface area contributed by atoms with Crippen molar-refractivity contribution in [3.8, 4) is 0 Å². The molecular weight excluding hydrogens is 1630 g/mol. The first-order valence-corrected chi connectivity index (χ1v) is 43.8. The molecule has 10 heterocycles. The van der Waals surface area contributed by atoms with Gasteiger partial charge in [-0.3, -0.25) is 51.4 Å². The van der Waals surface area contributed by atoms with Gasteiger partial charge >= 0.3 is 50.8 Å². The number of carbonyl (C=O) groups is 7. The highest BCUT2D eigenvalue weighted by molar-refractivity contribution is 8.08. The predicted octanol–water partition coefficient (Wildman–Crippen LogP) is -2.69. The summed E-state index contributed by atoms with van der Waals surface area (Å²) in [6, 6.07) is -2.93. The van der Waals surface area contributed by atoms with E-state index in [1.807, 2.05) is 10.6 Å². The number of carboxylic acid groups (broad SMARTS) is 3. The van der Waals surface area contributed by atoms with Gasteiger partial charge in [0, 0.05) is 31.8 Å². The minimum absolute atomic E-state index is 0.0198. The number of amides is 5. The number of aliphatic hydroxyl groups excluding tert-OH is 3. The van der Waals surface area contributed by atoms with Gasteiger partial charge in [0.1, 0.15) is 96.5 Å². The molecule has 4 saturated heterocycles. The van der Waals surface area contributed by atoms with Crippen molar-refractivity contribution in [2.75, 3.05) is 56.7 Å². The minimum atomic E-state index is -4.72. The number of thioether (sulfide) groups is 1. The maximum atomic E-state index is 13.4. The Balaban J connectivity index is 0.687. The van der Waals surface area contributed by atoms with Gasteiger partial charge < -0.3 is 121 Å². The van der Waals surface area contributed by atoms with Gasteiger partial charge in [0.25, 0.3) is 0 Å². The van der Waals surface area contributed by atoms with Crippen molar-refractivity contribution >= 4 is 178 Å². The molecule has 56 heteroatoms. The predicted molar refractivity (Wildman–Crippen MR) is 383 cm³/mol. The molecular formula is C53H71N19O28P4S5. The van der Waals surface area contributed by atoms with Crippen LogP contribution in [0.25, 0.3) is 33.5 Å². The largest absolute Gasteiger partial charge is 0.481 e. The Morgan fingerprint density at radius 3 is 1.44 bits per heavy atom. The number of nitrogens with zero attached hydrogens (tertiary/aromatic N) is 13. The molecule has 1 saturated carbocycles. The van der Waals surface area contributed by atoms with Gasteiger partial charge in [0.2, 0.25) is 17.7 Å². The third-order valence-corrected chi connectivity index (χ3v) is 24.5. The molecule has 18 atom stereocenters. The standard InChI is InChI=1S/C53H71N19O28P4S5/c54-39-30-42(61-15-58-39)70(18-64-30)48-36(98-102(88,106)91-9-1-8-57-45(79)22-4-2-21(3-5-22)11-69-28(73)10-27(47(69)80)109-46(52(83)84)68-53(85)67-23(51(81)82)6-7-29(74)75)34(77)25(96-48)13-93-104(90,108)100-38-35(78)26(97-50(38)72-20-66-32-41(56)60-17-63-44(32)72)14-94-103(89,107)99-37-33(76)24(12-92-101(86,87)105)95-49(37)71-19-65-31-40(55)59-16-62-43(31)71/h15-27,33-38,46,48-50,76-78H,1-14H2,(H,57,79)(H,74,75)(H,81,82)(H,83,84)(H,88,106)(H,89,107)(H,90,108)(H2,54,58,61)(H2,55,59,62)(H2,56,60,63)(H2,67,68,85)(H2,86,87,105). The van der Waals surface area contributed by atoms with Crippen molar-refractivity contribution in [3.63, 3.8) is 0 Å². The smallest absolute Gasteiger partial charge is 0.336 e. The Morgan fingerprint density at radius 1 is 0.596 bits per heavy atom. The number of ether oxygens (including phenoxy) is 3. The summed E-state index contributed by atoms with van der Waals surface area (Å²) in [5.74, 6) is -6.98. The zero-order chi connectivity index (χ0) is 78.8. The highest BCUT2D eigenvalue weighted by atomic mass is 32.5. The normalized spacial score (nSPS) is 28.2. The van der Waals surface area contributed by atoms with E-state index in [-0.39, 0.29) is 88.9 Å². The molecule has 5 fully saturated rings. The van der Waals surface area contributed by atoms with Crippen molar-refractivity contribution in [2.24, 2.45) is 11.8 Å². The minimum Gasteiger partial charge on any atom is -0.481 e. The fraction of sp³-hybridized carbons (Fsp3) is 0.585. The van der Waals surface area contributed by atoms with Gasteiger partial charge in [-0.2, -0.15) is 0 Å². The lowest BCUT2D eigenvalue weighted by atomic mass is 9.81. The summed E-state index contributed by atoms with van der Waals surface area (Å²) in [6.07, 6.45) is -12.5. The van der Waals surface area contributed by atoms with E-state index in [1.54, 1.807) is 0 Å². The van der Waals surface area contributed by atoms with E-state index in [1.165, 1.54) is 32.7 Å². The lowest BCUT2D eigenvalue weighted by Gasteiger charge is -2.30. The Morgan fingerprint density at radius 2 is 1.03 bits per heavy atom. The average Bonchev–Trinajstić information content (AvgIpc) is 1.62. The molecule has 109 heavy (non-hydrogen) atoms. The molecule has 0 spiro atoms. The number of imide groups is 1. The van der Waals surface area contributed by atoms with Crippen molar-refractivity contribution in [3.05, 3.63) is 38.0 Å². The number of carbonyl (C=O) groups excluding carboxylic acids is 4. The van der Waals surface area contributed by atoms with Crippen LogP contribution in [0.2, 0.25) is 0 Å². The van der Waals surface area contributed by atoms with Gasteiger partial charge in [-0.1, -0.05) is 0 Å². The molecule has 1 aliphatic carbocycles. The zero-order valence-corrected chi connectivity index (χ0v) is 63.6. The van der Waals surface area contributed by atoms with Gasteiger partial charge in [0.05, 0.1) is 50.7 Å². The Hall–Kier alpha value is -6.43. The number of rotatable bonds is 35. The number of hydrogen-bond acceptors (Lipinski definition) is 37. The number of aliphatic hydroxyl groups is 3. The van der Waals surface area contributed by atoms with Gasteiger partial charge in [0.15, 0.2) is 58.5 Å². The van der Waals surface area contributed by atoms with Crippen LogP contribution in [0.5, 0.6) is 0 Å². The Kier molecular flexibility index (Phi) is 26.7. The van der Waals surface area contributed by atoms with Crippen LogP contribution in [-0.4, -0.2) is 271 Å². The molecule has 596 valence electrons. The van der Waals surface area contributed by atoms with Gasteiger partial charge in [-0.25, -0.2) is 59.2 Å². The van der Waals surface area contributed by atoms with E-state index >= 15 is 0 Å². The molecule has 5 amide bonds. The van der Waals surface area contributed by atoms with Crippen LogP contribution in [0.4, 0.5) is 22.2 Å². The number of hydrogen-bond donors (Lipinski definition) is 17. The number of fused-ring (bicyclic) bond motifs is 3.